The summed E-state index contributed by atoms with van der Waals surface area (Å²) >= 11 is 0. The van der Waals surface area contributed by atoms with Gasteiger partial charge in [-0.05, 0) is 30.1 Å². The number of methoxy groups -OCH3 is 1. The minimum Gasteiger partial charge on any atom is -0.497 e. The van der Waals surface area contributed by atoms with Gasteiger partial charge in [0.15, 0.2) is 0 Å². The van der Waals surface area contributed by atoms with Crippen molar-refractivity contribution < 1.29 is 4.74 Å². The van der Waals surface area contributed by atoms with Crippen LogP contribution in [0.25, 0.3) is 0 Å². The summed E-state index contributed by atoms with van der Waals surface area (Å²) in [5.74, 6) is 2.03. The van der Waals surface area contributed by atoms with E-state index in [1.165, 1.54) is 11.1 Å². The van der Waals surface area contributed by atoms with Gasteiger partial charge < -0.3 is 4.74 Å². The van der Waals surface area contributed by atoms with E-state index in [-0.39, 0.29) is 0 Å². The molecule has 1 aromatic rings. The van der Waals surface area contributed by atoms with Crippen LogP contribution >= 0.6 is 0 Å². The lowest BCUT2D eigenvalue weighted by atomic mass is 9.83. The van der Waals surface area contributed by atoms with Crippen molar-refractivity contribution in [1.82, 2.24) is 0 Å². The van der Waals surface area contributed by atoms with E-state index in [4.69, 9.17) is 4.74 Å². The number of ether oxygens (including phenoxy) is 1. The summed E-state index contributed by atoms with van der Waals surface area (Å²) in [5.41, 5.74) is 2.84. The van der Waals surface area contributed by atoms with Crippen molar-refractivity contribution in [2.45, 2.75) is 26.2 Å². The van der Waals surface area contributed by atoms with E-state index in [0.29, 0.717) is 11.8 Å². The van der Waals surface area contributed by atoms with Crippen molar-refractivity contribution >= 4 is 0 Å². The second-order valence-electron chi connectivity index (χ2n) is 4.87. The summed E-state index contributed by atoms with van der Waals surface area (Å²) in [7, 11) is 1.74. The molecule has 0 saturated carbocycles. The first-order valence-corrected chi connectivity index (χ1v) is 6.22. The Morgan fingerprint density at radius 3 is 2.47 bits per heavy atom. The molecule has 2 rings (SSSR count). The quantitative estimate of drug-likeness (QED) is 0.750. The van der Waals surface area contributed by atoms with Crippen molar-refractivity contribution in [3.05, 3.63) is 59.4 Å². The van der Waals surface area contributed by atoms with E-state index < -0.39 is 0 Å². The maximum Gasteiger partial charge on any atom is 0.115 e. The molecule has 0 aromatic heterocycles. The number of hydrogen-bond donors (Lipinski definition) is 0. The molecule has 1 aliphatic rings. The maximum absolute atomic E-state index is 5.41. The second kappa shape index (κ2) is 5.22. The summed E-state index contributed by atoms with van der Waals surface area (Å²) in [6.07, 6.45) is 5.51. The highest BCUT2D eigenvalue weighted by molar-refractivity contribution is 5.35. The van der Waals surface area contributed by atoms with Crippen molar-refractivity contribution in [3.8, 4) is 0 Å². The molecule has 0 N–H and O–H groups in total. The summed E-state index contributed by atoms with van der Waals surface area (Å²) in [6.45, 7) is 4.49. The van der Waals surface area contributed by atoms with Crippen LogP contribution in [0.2, 0.25) is 0 Å². The van der Waals surface area contributed by atoms with Crippen LogP contribution in [0.1, 0.15) is 31.7 Å². The van der Waals surface area contributed by atoms with E-state index in [9.17, 15) is 0 Å². The summed E-state index contributed by atoms with van der Waals surface area (Å²) in [6, 6.07) is 10.6. The third-order valence-electron chi connectivity index (χ3n) is 3.35. The van der Waals surface area contributed by atoms with E-state index in [2.05, 4.69) is 56.3 Å². The van der Waals surface area contributed by atoms with E-state index in [1.54, 1.807) is 7.11 Å². The second-order valence-corrected chi connectivity index (χ2v) is 4.87. The lowest BCUT2D eigenvalue weighted by molar-refractivity contribution is 0.300. The Morgan fingerprint density at radius 2 is 1.88 bits per heavy atom. The molecule has 1 unspecified atom stereocenters. The van der Waals surface area contributed by atoms with Gasteiger partial charge in [-0.3, -0.25) is 0 Å². The number of benzene rings is 1. The monoisotopic (exact) mass is 228 g/mol. The Morgan fingerprint density at radius 1 is 1.18 bits per heavy atom. The summed E-state index contributed by atoms with van der Waals surface area (Å²) in [4.78, 5) is 0. The Labute approximate surface area is 104 Å². The molecule has 0 spiro atoms. The smallest absolute Gasteiger partial charge is 0.115 e. The molecule has 0 radical (unpaired) electrons. The van der Waals surface area contributed by atoms with Gasteiger partial charge in [-0.25, -0.2) is 0 Å². The predicted octanol–water partition coefficient (Wildman–Crippen LogP) is 4.29. The van der Waals surface area contributed by atoms with E-state index in [1.807, 2.05) is 0 Å². The third-order valence-corrected chi connectivity index (χ3v) is 3.35. The summed E-state index contributed by atoms with van der Waals surface area (Å²) in [5, 5.41) is 0. The normalized spacial score (nSPS) is 19.9. The zero-order chi connectivity index (χ0) is 12.3. The Balaban J connectivity index is 2.27. The molecule has 1 aromatic carbocycles. The number of rotatable bonds is 3. The minimum absolute atomic E-state index is 0.452. The molecule has 0 aliphatic heterocycles. The van der Waals surface area contributed by atoms with Gasteiger partial charge in [-0.2, -0.15) is 0 Å². The molecular formula is C16H20O. The largest absolute Gasteiger partial charge is 0.497 e. The lowest BCUT2D eigenvalue weighted by Gasteiger charge is -2.23. The average molecular weight is 228 g/mol. The fourth-order valence-electron chi connectivity index (χ4n) is 2.24. The molecule has 0 saturated heterocycles. The predicted molar refractivity (Wildman–Crippen MR) is 71.8 cm³/mol. The average Bonchev–Trinajstić information content (AvgIpc) is 2.39. The first-order valence-electron chi connectivity index (χ1n) is 6.22. The number of hydrogen-bond acceptors (Lipinski definition) is 1. The zero-order valence-corrected chi connectivity index (χ0v) is 10.8. The van der Waals surface area contributed by atoms with Crippen molar-refractivity contribution in [3.63, 3.8) is 0 Å². The van der Waals surface area contributed by atoms with Crippen LogP contribution in [0, 0.1) is 5.92 Å². The molecule has 0 heterocycles. The zero-order valence-electron chi connectivity index (χ0n) is 10.8. The molecule has 17 heavy (non-hydrogen) atoms. The fourth-order valence-corrected chi connectivity index (χ4v) is 2.24. The lowest BCUT2D eigenvalue weighted by Crippen LogP contribution is -2.08. The fraction of sp³-hybridized carbons (Fsp3) is 0.375. The molecule has 1 nitrogen and oxygen atoms in total. The highest BCUT2D eigenvalue weighted by atomic mass is 16.5. The van der Waals surface area contributed by atoms with E-state index in [0.717, 1.165) is 12.2 Å². The molecule has 90 valence electrons. The molecular weight excluding hydrogens is 208 g/mol. The highest BCUT2D eigenvalue weighted by Gasteiger charge is 2.18. The van der Waals surface area contributed by atoms with Crippen LogP contribution in [0.5, 0.6) is 0 Å². The Bertz CT molecular complexity index is 426. The van der Waals surface area contributed by atoms with Crippen molar-refractivity contribution in [1.29, 1.82) is 0 Å². The van der Waals surface area contributed by atoms with Crippen molar-refractivity contribution in [2.75, 3.05) is 7.11 Å². The van der Waals surface area contributed by atoms with Crippen molar-refractivity contribution in [2.24, 2.45) is 5.92 Å². The third kappa shape index (κ3) is 2.79. The van der Waals surface area contributed by atoms with Gasteiger partial charge in [-0.15, -0.1) is 0 Å². The topological polar surface area (TPSA) is 9.23 Å². The van der Waals surface area contributed by atoms with Crippen LogP contribution in [0.3, 0.4) is 0 Å². The molecule has 1 atom stereocenters. The highest BCUT2D eigenvalue weighted by Crippen LogP contribution is 2.34. The van der Waals surface area contributed by atoms with Crippen LogP contribution < -0.4 is 0 Å². The van der Waals surface area contributed by atoms with Gasteiger partial charge >= 0.3 is 0 Å². The molecule has 1 heteroatoms. The van der Waals surface area contributed by atoms with Gasteiger partial charge in [-0.1, -0.05) is 49.8 Å². The van der Waals surface area contributed by atoms with Gasteiger partial charge in [0.05, 0.1) is 7.11 Å². The first-order chi connectivity index (χ1) is 8.20. The Hall–Kier alpha value is -1.50. The SMILES string of the molecule is COC1=CC(c2ccccc2)CC(C(C)C)=C1. The molecule has 0 fully saturated rings. The van der Waals surface area contributed by atoms with Crippen LogP contribution in [0.4, 0.5) is 0 Å². The van der Waals surface area contributed by atoms with Crippen LogP contribution in [-0.4, -0.2) is 7.11 Å². The van der Waals surface area contributed by atoms with Crippen LogP contribution in [-0.2, 0) is 4.74 Å². The molecule has 1 aliphatic carbocycles. The minimum atomic E-state index is 0.452. The maximum atomic E-state index is 5.41. The molecule has 0 amide bonds. The van der Waals surface area contributed by atoms with E-state index >= 15 is 0 Å². The molecule has 0 bridgehead atoms. The van der Waals surface area contributed by atoms with Gasteiger partial charge in [0.25, 0.3) is 0 Å². The summed E-state index contributed by atoms with van der Waals surface area (Å²) < 4.78 is 5.41. The van der Waals surface area contributed by atoms with Gasteiger partial charge in [0, 0.05) is 5.92 Å². The standard InChI is InChI=1S/C16H20O/c1-12(2)14-9-15(11-16(10-14)17-3)13-7-5-4-6-8-13/h4-8,10-12,15H,9H2,1-3H3. The van der Waals surface area contributed by atoms with Gasteiger partial charge in [0.2, 0.25) is 0 Å². The Kier molecular flexibility index (Phi) is 3.68. The van der Waals surface area contributed by atoms with Crippen LogP contribution in [0.15, 0.2) is 53.8 Å². The first kappa shape index (κ1) is 12.0. The number of allylic oxidation sites excluding steroid dienone is 3. The van der Waals surface area contributed by atoms with Gasteiger partial charge in [0.1, 0.15) is 5.76 Å².